The van der Waals surface area contributed by atoms with Gasteiger partial charge in [0.15, 0.2) is 0 Å². The summed E-state index contributed by atoms with van der Waals surface area (Å²) in [6.45, 7) is 2.05. The van der Waals surface area contributed by atoms with E-state index in [2.05, 4.69) is 5.32 Å². The van der Waals surface area contributed by atoms with E-state index in [1.807, 2.05) is 0 Å². The molecule has 1 heterocycles. The van der Waals surface area contributed by atoms with Crippen LogP contribution in [0.5, 0.6) is 0 Å². The topological polar surface area (TPSA) is 21.3 Å². The van der Waals surface area contributed by atoms with Gasteiger partial charge in [0.05, 0.1) is 6.61 Å². The molecule has 3 heteroatoms. The third-order valence-electron chi connectivity index (χ3n) is 1.78. The minimum Gasteiger partial charge on any atom is -0.383 e. The zero-order valence-electron chi connectivity index (χ0n) is 6.43. The van der Waals surface area contributed by atoms with Crippen molar-refractivity contribution >= 4 is 12.4 Å². The molecule has 0 aliphatic carbocycles. The number of rotatable bonds is 2. The van der Waals surface area contributed by atoms with Crippen LogP contribution in [0.3, 0.4) is 0 Å². The quantitative estimate of drug-likeness (QED) is 0.664. The van der Waals surface area contributed by atoms with Crippen LogP contribution in [0.15, 0.2) is 0 Å². The van der Waals surface area contributed by atoms with Gasteiger partial charge in [-0.1, -0.05) is 6.42 Å². The van der Waals surface area contributed by atoms with Crippen molar-refractivity contribution < 1.29 is 4.74 Å². The van der Waals surface area contributed by atoms with Crippen molar-refractivity contribution in [1.82, 2.24) is 5.32 Å². The summed E-state index contributed by atoms with van der Waals surface area (Å²) in [6, 6.07) is 0.628. The van der Waals surface area contributed by atoms with E-state index < -0.39 is 0 Å². The van der Waals surface area contributed by atoms with Gasteiger partial charge in [-0.2, -0.15) is 0 Å². The summed E-state index contributed by atoms with van der Waals surface area (Å²) in [5.41, 5.74) is 0. The van der Waals surface area contributed by atoms with Gasteiger partial charge in [-0.05, 0) is 19.4 Å². The van der Waals surface area contributed by atoms with Gasteiger partial charge in [-0.15, -0.1) is 12.4 Å². The highest BCUT2D eigenvalue weighted by atomic mass is 35.5. The van der Waals surface area contributed by atoms with E-state index in [1.54, 1.807) is 7.11 Å². The SMILES string of the molecule is COC[C@H]1CCCCN1.Cl. The zero-order valence-corrected chi connectivity index (χ0v) is 7.25. The van der Waals surface area contributed by atoms with Gasteiger partial charge in [0.25, 0.3) is 0 Å². The third-order valence-corrected chi connectivity index (χ3v) is 1.78. The number of hydrogen-bond acceptors (Lipinski definition) is 2. The summed E-state index contributed by atoms with van der Waals surface area (Å²) in [5.74, 6) is 0. The summed E-state index contributed by atoms with van der Waals surface area (Å²) >= 11 is 0. The van der Waals surface area contributed by atoms with Crippen molar-refractivity contribution in [2.45, 2.75) is 25.3 Å². The molecule has 1 aliphatic rings. The van der Waals surface area contributed by atoms with Crippen LogP contribution in [0.1, 0.15) is 19.3 Å². The summed E-state index contributed by atoms with van der Waals surface area (Å²) in [6.07, 6.45) is 3.98. The second kappa shape index (κ2) is 5.96. The van der Waals surface area contributed by atoms with E-state index in [0.717, 1.165) is 6.61 Å². The van der Waals surface area contributed by atoms with Crippen LogP contribution >= 0.6 is 12.4 Å². The lowest BCUT2D eigenvalue weighted by Gasteiger charge is -2.22. The Hall–Kier alpha value is 0.210. The largest absolute Gasteiger partial charge is 0.383 e. The molecule has 10 heavy (non-hydrogen) atoms. The lowest BCUT2D eigenvalue weighted by Crippen LogP contribution is -2.37. The maximum atomic E-state index is 5.02. The molecule has 62 valence electrons. The van der Waals surface area contributed by atoms with E-state index >= 15 is 0 Å². The minimum absolute atomic E-state index is 0. The standard InChI is InChI=1S/C7H15NO.ClH/c1-9-6-7-4-2-3-5-8-7;/h7-8H,2-6H2,1H3;1H/t7-;/m1./s1. The van der Waals surface area contributed by atoms with Gasteiger partial charge in [0.1, 0.15) is 0 Å². The Kier molecular flexibility index (Phi) is 6.08. The molecular formula is C7H16ClNO. The molecule has 1 aliphatic heterocycles. The summed E-state index contributed by atoms with van der Waals surface area (Å²) < 4.78 is 5.02. The molecule has 2 nitrogen and oxygen atoms in total. The Balaban J connectivity index is 0.000000810. The minimum atomic E-state index is 0. The summed E-state index contributed by atoms with van der Waals surface area (Å²) in [4.78, 5) is 0. The Morgan fingerprint density at radius 3 is 2.80 bits per heavy atom. The molecule has 0 aromatic heterocycles. The van der Waals surface area contributed by atoms with Crippen molar-refractivity contribution in [3.63, 3.8) is 0 Å². The maximum absolute atomic E-state index is 5.02. The second-order valence-corrected chi connectivity index (χ2v) is 2.60. The van der Waals surface area contributed by atoms with Crippen LogP contribution in [0.4, 0.5) is 0 Å². The first-order valence-corrected chi connectivity index (χ1v) is 3.66. The first-order valence-electron chi connectivity index (χ1n) is 3.66. The number of piperidine rings is 1. The van der Waals surface area contributed by atoms with Gasteiger partial charge >= 0.3 is 0 Å². The highest BCUT2D eigenvalue weighted by molar-refractivity contribution is 5.85. The molecule has 1 N–H and O–H groups in total. The molecule has 1 rings (SSSR count). The molecule has 0 aromatic rings. The fraction of sp³-hybridized carbons (Fsp3) is 1.00. The molecular weight excluding hydrogens is 150 g/mol. The fourth-order valence-corrected chi connectivity index (χ4v) is 1.27. The Morgan fingerprint density at radius 1 is 1.50 bits per heavy atom. The molecule has 1 saturated heterocycles. The lowest BCUT2D eigenvalue weighted by atomic mass is 10.1. The predicted molar refractivity (Wildman–Crippen MR) is 44.8 cm³/mol. The van der Waals surface area contributed by atoms with Crippen LogP contribution < -0.4 is 5.32 Å². The molecule has 0 spiro atoms. The molecule has 0 bridgehead atoms. The van der Waals surface area contributed by atoms with Crippen molar-refractivity contribution in [1.29, 1.82) is 0 Å². The van der Waals surface area contributed by atoms with E-state index in [9.17, 15) is 0 Å². The average Bonchev–Trinajstić information content (AvgIpc) is 1.91. The third kappa shape index (κ3) is 3.40. The Bertz CT molecular complexity index is 71.3. The molecule has 0 radical (unpaired) electrons. The van der Waals surface area contributed by atoms with Crippen molar-refractivity contribution in [3.8, 4) is 0 Å². The molecule has 1 atom stereocenters. The molecule has 0 unspecified atom stereocenters. The first kappa shape index (κ1) is 10.2. The zero-order chi connectivity index (χ0) is 6.53. The second-order valence-electron chi connectivity index (χ2n) is 2.60. The van der Waals surface area contributed by atoms with Crippen LogP contribution in [-0.2, 0) is 4.74 Å². The van der Waals surface area contributed by atoms with Gasteiger partial charge in [0, 0.05) is 13.2 Å². The number of nitrogens with one attached hydrogen (secondary N) is 1. The molecule has 0 amide bonds. The van der Waals surface area contributed by atoms with Crippen molar-refractivity contribution in [2.24, 2.45) is 0 Å². The van der Waals surface area contributed by atoms with Gasteiger partial charge in [-0.25, -0.2) is 0 Å². The van der Waals surface area contributed by atoms with E-state index in [1.165, 1.54) is 25.8 Å². The maximum Gasteiger partial charge on any atom is 0.0615 e. The van der Waals surface area contributed by atoms with Crippen LogP contribution in [-0.4, -0.2) is 26.3 Å². The van der Waals surface area contributed by atoms with Gasteiger partial charge in [0.2, 0.25) is 0 Å². The number of ether oxygens (including phenoxy) is 1. The highest BCUT2D eigenvalue weighted by Crippen LogP contribution is 2.06. The molecule has 0 aromatic carbocycles. The van der Waals surface area contributed by atoms with E-state index in [-0.39, 0.29) is 12.4 Å². The highest BCUT2D eigenvalue weighted by Gasteiger charge is 2.10. The van der Waals surface area contributed by atoms with Crippen molar-refractivity contribution in [2.75, 3.05) is 20.3 Å². The van der Waals surface area contributed by atoms with E-state index in [4.69, 9.17) is 4.74 Å². The average molecular weight is 166 g/mol. The number of hydrogen-bond donors (Lipinski definition) is 1. The van der Waals surface area contributed by atoms with Crippen LogP contribution in [0.25, 0.3) is 0 Å². The van der Waals surface area contributed by atoms with Gasteiger partial charge < -0.3 is 10.1 Å². The van der Waals surface area contributed by atoms with E-state index in [0.29, 0.717) is 6.04 Å². The van der Waals surface area contributed by atoms with Crippen LogP contribution in [0.2, 0.25) is 0 Å². The van der Waals surface area contributed by atoms with Crippen LogP contribution in [0, 0.1) is 0 Å². The Labute approximate surface area is 68.7 Å². The van der Waals surface area contributed by atoms with Crippen molar-refractivity contribution in [3.05, 3.63) is 0 Å². The predicted octanol–water partition coefficient (Wildman–Crippen LogP) is 1.20. The summed E-state index contributed by atoms with van der Waals surface area (Å²) in [7, 11) is 1.76. The molecule has 1 fully saturated rings. The lowest BCUT2D eigenvalue weighted by molar-refractivity contribution is 0.154. The monoisotopic (exact) mass is 165 g/mol. The Morgan fingerprint density at radius 2 is 2.30 bits per heavy atom. The first-order chi connectivity index (χ1) is 4.43. The fourth-order valence-electron chi connectivity index (χ4n) is 1.27. The molecule has 0 saturated carbocycles. The normalized spacial score (nSPS) is 25.5. The number of methoxy groups -OCH3 is 1. The number of halogens is 1. The van der Waals surface area contributed by atoms with Gasteiger partial charge in [-0.3, -0.25) is 0 Å². The summed E-state index contributed by atoms with van der Waals surface area (Å²) in [5, 5.41) is 3.40. The smallest absolute Gasteiger partial charge is 0.0615 e.